The molecule has 0 saturated heterocycles. The van der Waals surface area contributed by atoms with E-state index < -0.39 is 0 Å². The van der Waals surface area contributed by atoms with Crippen molar-refractivity contribution < 1.29 is 4.74 Å². The summed E-state index contributed by atoms with van der Waals surface area (Å²) in [5.41, 5.74) is 3.63. The fraction of sp³-hybridized carbons (Fsp3) is 0.294. The van der Waals surface area contributed by atoms with E-state index in [2.05, 4.69) is 58.0 Å². The van der Waals surface area contributed by atoms with Crippen LogP contribution >= 0.6 is 0 Å². The standard InChI is InChI=1S/C17H20O/c1-12(2)15-7-5-6-8-16(15)18-17-11-13(3)9-10-14(17)4/h5-12H,1-4H3. The molecule has 0 unspecified atom stereocenters. The number of hydrogen-bond acceptors (Lipinski definition) is 1. The summed E-state index contributed by atoms with van der Waals surface area (Å²) < 4.78 is 6.08. The molecule has 2 aromatic carbocycles. The Bertz CT molecular complexity index is 541. The van der Waals surface area contributed by atoms with Gasteiger partial charge in [0.15, 0.2) is 0 Å². The predicted octanol–water partition coefficient (Wildman–Crippen LogP) is 5.22. The SMILES string of the molecule is Cc1ccc(C)c(Oc2ccccc2C(C)C)c1. The van der Waals surface area contributed by atoms with Gasteiger partial charge in [0.25, 0.3) is 0 Å². The van der Waals surface area contributed by atoms with Crippen LogP contribution in [0, 0.1) is 13.8 Å². The lowest BCUT2D eigenvalue weighted by atomic mass is 10.0. The summed E-state index contributed by atoms with van der Waals surface area (Å²) in [5.74, 6) is 2.37. The van der Waals surface area contributed by atoms with Crippen LogP contribution in [0.15, 0.2) is 42.5 Å². The average molecular weight is 240 g/mol. The largest absolute Gasteiger partial charge is 0.457 e. The third kappa shape index (κ3) is 2.73. The van der Waals surface area contributed by atoms with E-state index in [1.54, 1.807) is 0 Å². The first kappa shape index (κ1) is 12.7. The van der Waals surface area contributed by atoms with Crippen LogP contribution in [0.4, 0.5) is 0 Å². The summed E-state index contributed by atoms with van der Waals surface area (Å²) in [7, 11) is 0. The number of aryl methyl sites for hydroxylation is 2. The number of rotatable bonds is 3. The molecule has 0 radical (unpaired) electrons. The van der Waals surface area contributed by atoms with E-state index in [1.807, 2.05) is 12.1 Å². The zero-order chi connectivity index (χ0) is 13.1. The highest BCUT2D eigenvalue weighted by atomic mass is 16.5. The number of ether oxygens (including phenoxy) is 1. The van der Waals surface area contributed by atoms with E-state index in [-0.39, 0.29) is 0 Å². The number of hydrogen-bond donors (Lipinski definition) is 0. The first-order valence-corrected chi connectivity index (χ1v) is 6.42. The van der Waals surface area contributed by atoms with E-state index in [0.717, 1.165) is 11.5 Å². The van der Waals surface area contributed by atoms with Crippen LogP contribution in [-0.2, 0) is 0 Å². The molecule has 0 aliphatic carbocycles. The molecule has 2 aromatic rings. The van der Waals surface area contributed by atoms with E-state index in [0.29, 0.717) is 5.92 Å². The van der Waals surface area contributed by atoms with Gasteiger partial charge in [-0.2, -0.15) is 0 Å². The summed E-state index contributed by atoms with van der Waals surface area (Å²) in [5, 5.41) is 0. The Labute approximate surface area is 109 Å². The molecule has 0 fully saturated rings. The molecule has 0 aliphatic rings. The molecule has 0 aliphatic heterocycles. The molecule has 0 heterocycles. The summed E-state index contributed by atoms with van der Waals surface area (Å²) in [6.07, 6.45) is 0. The van der Waals surface area contributed by atoms with Crippen LogP contribution in [0.25, 0.3) is 0 Å². The minimum absolute atomic E-state index is 0.464. The van der Waals surface area contributed by atoms with Gasteiger partial charge in [0.05, 0.1) is 0 Å². The van der Waals surface area contributed by atoms with Gasteiger partial charge >= 0.3 is 0 Å². The topological polar surface area (TPSA) is 9.23 Å². The predicted molar refractivity (Wildman–Crippen MR) is 76.5 cm³/mol. The van der Waals surface area contributed by atoms with E-state index in [4.69, 9.17) is 4.74 Å². The highest BCUT2D eigenvalue weighted by Crippen LogP contribution is 2.32. The molecule has 1 heteroatoms. The van der Waals surface area contributed by atoms with Crippen LogP contribution in [0.3, 0.4) is 0 Å². The molecule has 0 bridgehead atoms. The van der Waals surface area contributed by atoms with Crippen molar-refractivity contribution in [3.05, 3.63) is 59.2 Å². The molecule has 2 rings (SSSR count). The first-order chi connectivity index (χ1) is 8.58. The van der Waals surface area contributed by atoms with Gasteiger partial charge in [-0.1, -0.05) is 44.2 Å². The normalized spacial score (nSPS) is 10.7. The third-order valence-electron chi connectivity index (χ3n) is 3.10. The van der Waals surface area contributed by atoms with Gasteiger partial charge in [-0.25, -0.2) is 0 Å². The van der Waals surface area contributed by atoms with Crippen LogP contribution in [0.2, 0.25) is 0 Å². The van der Waals surface area contributed by atoms with Crippen molar-refractivity contribution in [2.75, 3.05) is 0 Å². The second-order valence-electron chi connectivity index (χ2n) is 5.06. The molecular weight excluding hydrogens is 220 g/mol. The molecule has 0 amide bonds. The second kappa shape index (κ2) is 5.26. The maximum Gasteiger partial charge on any atom is 0.130 e. The Morgan fingerprint density at radius 3 is 2.33 bits per heavy atom. The molecule has 94 valence electrons. The Hall–Kier alpha value is -1.76. The van der Waals surface area contributed by atoms with Gasteiger partial charge < -0.3 is 4.74 Å². The van der Waals surface area contributed by atoms with E-state index in [9.17, 15) is 0 Å². The maximum atomic E-state index is 6.08. The molecule has 1 nitrogen and oxygen atoms in total. The van der Waals surface area contributed by atoms with Crippen LogP contribution in [0.1, 0.15) is 36.5 Å². The average Bonchev–Trinajstić information content (AvgIpc) is 2.34. The molecule has 0 spiro atoms. The Morgan fingerprint density at radius 1 is 0.889 bits per heavy atom. The summed E-state index contributed by atoms with van der Waals surface area (Å²) >= 11 is 0. The van der Waals surface area contributed by atoms with Crippen LogP contribution in [-0.4, -0.2) is 0 Å². The van der Waals surface area contributed by atoms with Crippen molar-refractivity contribution in [2.24, 2.45) is 0 Å². The van der Waals surface area contributed by atoms with Crippen LogP contribution in [0.5, 0.6) is 11.5 Å². The van der Waals surface area contributed by atoms with Gasteiger partial charge in [0.2, 0.25) is 0 Å². The Morgan fingerprint density at radius 2 is 1.61 bits per heavy atom. The number of para-hydroxylation sites is 1. The van der Waals surface area contributed by atoms with Crippen molar-refractivity contribution >= 4 is 0 Å². The zero-order valence-corrected chi connectivity index (χ0v) is 11.5. The lowest BCUT2D eigenvalue weighted by Crippen LogP contribution is -1.95. The van der Waals surface area contributed by atoms with Gasteiger partial charge in [0, 0.05) is 0 Å². The Balaban J connectivity index is 2.37. The van der Waals surface area contributed by atoms with Crippen molar-refractivity contribution in [3.8, 4) is 11.5 Å². The second-order valence-corrected chi connectivity index (χ2v) is 5.06. The van der Waals surface area contributed by atoms with Gasteiger partial charge in [-0.15, -0.1) is 0 Å². The van der Waals surface area contributed by atoms with Crippen molar-refractivity contribution in [1.29, 1.82) is 0 Å². The molecule has 18 heavy (non-hydrogen) atoms. The first-order valence-electron chi connectivity index (χ1n) is 6.42. The monoisotopic (exact) mass is 240 g/mol. The fourth-order valence-corrected chi connectivity index (χ4v) is 1.99. The Kier molecular flexibility index (Phi) is 3.71. The van der Waals surface area contributed by atoms with Crippen molar-refractivity contribution in [2.45, 2.75) is 33.6 Å². The fourth-order valence-electron chi connectivity index (χ4n) is 1.99. The summed E-state index contributed by atoms with van der Waals surface area (Å²) in [6.45, 7) is 8.53. The third-order valence-corrected chi connectivity index (χ3v) is 3.10. The van der Waals surface area contributed by atoms with Crippen LogP contribution < -0.4 is 4.74 Å². The molecule has 0 atom stereocenters. The van der Waals surface area contributed by atoms with E-state index >= 15 is 0 Å². The molecular formula is C17H20O. The highest BCUT2D eigenvalue weighted by Gasteiger charge is 2.09. The zero-order valence-electron chi connectivity index (χ0n) is 11.5. The lowest BCUT2D eigenvalue weighted by Gasteiger charge is -2.15. The van der Waals surface area contributed by atoms with E-state index in [1.165, 1.54) is 16.7 Å². The van der Waals surface area contributed by atoms with Gasteiger partial charge in [-0.05, 0) is 48.6 Å². The van der Waals surface area contributed by atoms with Gasteiger partial charge in [0.1, 0.15) is 11.5 Å². The number of benzene rings is 2. The van der Waals surface area contributed by atoms with Gasteiger partial charge in [-0.3, -0.25) is 0 Å². The summed E-state index contributed by atoms with van der Waals surface area (Å²) in [4.78, 5) is 0. The minimum Gasteiger partial charge on any atom is -0.457 e. The summed E-state index contributed by atoms with van der Waals surface area (Å²) in [6, 6.07) is 14.5. The molecule has 0 N–H and O–H groups in total. The lowest BCUT2D eigenvalue weighted by molar-refractivity contribution is 0.469. The minimum atomic E-state index is 0.464. The quantitative estimate of drug-likeness (QED) is 0.714. The molecule has 0 saturated carbocycles. The van der Waals surface area contributed by atoms with Crippen molar-refractivity contribution in [1.82, 2.24) is 0 Å². The smallest absolute Gasteiger partial charge is 0.130 e. The molecule has 0 aromatic heterocycles. The maximum absolute atomic E-state index is 6.08. The highest BCUT2D eigenvalue weighted by molar-refractivity contribution is 5.43. The van der Waals surface area contributed by atoms with Crippen molar-refractivity contribution in [3.63, 3.8) is 0 Å².